The largest absolute Gasteiger partial charge is 0.417 e. The van der Waals surface area contributed by atoms with E-state index in [1.165, 1.54) is 16.8 Å². The van der Waals surface area contributed by atoms with Crippen molar-refractivity contribution in [2.24, 2.45) is 0 Å². The van der Waals surface area contributed by atoms with Crippen molar-refractivity contribution in [3.63, 3.8) is 0 Å². The van der Waals surface area contributed by atoms with Crippen LogP contribution in [0.15, 0.2) is 47.7 Å². The van der Waals surface area contributed by atoms with E-state index >= 15 is 0 Å². The number of rotatable bonds is 6. The van der Waals surface area contributed by atoms with Gasteiger partial charge in [0.1, 0.15) is 6.73 Å². The van der Waals surface area contributed by atoms with Crippen LogP contribution in [0.2, 0.25) is 25.7 Å². The second kappa shape index (κ2) is 8.07. The van der Waals surface area contributed by atoms with Crippen LogP contribution >= 0.6 is 0 Å². The Morgan fingerprint density at radius 2 is 1.90 bits per heavy atom. The number of nitrogens with zero attached hydrogens (tertiary/aromatic N) is 3. The summed E-state index contributed by atoms with van der Waals surface area (Å²) in [5, 5.41) is 0.362. The molecule has 0 aliphatic rings. The molecule has 0 saturated heterocycles. The first-order valence-electron chi connectivity index (χ1n) is 9.16. The number of halogens is 3. The fourth-order valence-corrected chi connectivity index (χ4v) is 3.53. The second-order valence-corrected chi connectivity index (χ2v) is 13.6. The lowest BCUT2D eigenvalue weighted by molar-refractivity contribution is -0.137. The van der Waals surface area contributed by atoms with Gasteiger partial charge in [-0.15, -0.1) is 0 Å². The van der Waals surface area contributed by atoms with Crippen LogP contribution in [0, 0.1) is 0 Å². The van der Waals surface area contributed by atoms with Gasteiger partial charge in [0.2, 0.25) is 0 Å². The van der Waals surface area contributed by atoms with Crippen LogP contribution in [0.4, 0.5) is 13.2 Å². The molecule has 0 amide bonds. The van der Waals surface area contributed by atoms with Gasteiger partial charge < -0.3 is 4.74 Å². The monoisotopic (exact) mass is 421 g/mol. The van der Waals surface area contributed by atoms with E-state index in [1.807, 2.05) is 0 Å². The lowest BCUT2D eigenvalue weighted by Crippen LogP contribution is -2.25. The number of alkyl halides is 3. The van der Waals surface area contributed by atoms with E-state index in [-0.39, 0.29) is 12.3 Å². The van der Waals surface area contributed by atoms with Crippen molar-refractivity contribution in [1.29, 1.82) is 0 Å². The van der Waals surface area contributed by atoms with Crippen molar-refractivity contribution in [1.82, 2.24) is 14.5 Å². The third-order valence-electron chi connectivity index (χ3n) is 4.43. The first kappa shape index (κ1) is 21.2. The summed E-state index contributed by atoms with van der Waals surface area (Å²) in [7, 11) is -1.26. The average molecular weight is 421 g/mol. The molecule has 3 rings (SSSR count). The van der Waals surface area contributed by atoms with Crippen LogP contribution in [0.1, 0.15) is 5.56 Å². The molecule has 9 heteroatoms. The fraction of sp³-hybridized carbons (Fsp3) is 0.350. The highest BCUT2D eigenvalue weighted by atomic mass is 28.3. The Hall–Kier alpha value is -2.52. The van der Waals surface area contributed by atoms with Crippen LogP contribution in [-0.4, -0.2) is 29.2 Å². The van der Waals surface area contributed by atoms with Crippen molar-refractivity contribution in [2.75, 3.05) is 6.61 Å². The van der Waals surface area contributed by atoms with Crippen LogP contribution in [-0.2, 0) is 17.6 Å². The summed E-state index contributed by atoms with van der Waals surface area (Å²) in [6.07, 6.45) is -0.606. The van der Waals surface area contributed by atoms with Gasteiger partial charge in [-0.25, -0.2) is 0 Å². The maximum absolute atomic E-state index is 12.8. The Morgan fingerprint density at radius 3 is 2.52 bits per heavy atom. The Morgan fingerprint density at radius 1 is 1.14 bits per heavy atom. The van der Waals surface area contributed by atoms with E-state index in [2.05, 4.69) is 29.6 Å². The van der Waals surface area contributed by atoms with Crippen molar-refractivity contribution >= 4 is 19.0 Å². The molecule has 0 radical (unpaired) electrons. The molecule has 3 aromatic heterocycles. The molecular weight excluding hydrogens is 399 g/mol. The molecule has 3 aromatic rings. The minimum Gasteiger partial charge on any atom is -0.361 e. The summed E-state index contributed by atoms with van der Waals surface area (Å²) in [5.41, 5.74) is 0.0710. The Balaban J connectivity index is 1.98. The number of fused-ring (bicyclic) bond motifs is 1. The number of pyridine rings is 3. The molecule has 0 aliphatic heterocycles. The number of ether oxygens (including phenoxy) is 1. The van der Waals surface area contributed by atoms with Gasteiger partial charge in [-0.05, 0) is 30.3 Å². The van der Waals surface area contributed by atoms with Gasteiger partial charge >= 0.3 is 6.18 Å². The molecule has 0 saturated carbocycles. The van der Waals surface area contributed by atoms with E-state index in [9.17, 15) is 18.0 Å². The highest BCUT2D eigenvalue weighted by molar-refractivity contribution is 6.76. The molecule has 154 valence electrons. The zero-order valence-electron chi connectivity index (χ0n) is 16.5. The summed E-state index contributed by atoms with van der Waals surface area (Å²) >= 11 is 0. The number of hydrogen-bond acceptors (Lipinski definition) is 4. The van der Waals surface area contributed by atoms with Crippen molar-refractivity contribution in [2.45, 2.75) is 38.6 Å². The van der Waals surface area contributed by atoms with Crippen LogP contribution < -0.4 is 5.56 Å². The quantitative estimate of drug-likeness (QED) is 0.424. The van der Waals surface area contributed by atoms with Gasteiger partial charge in [0.25, 0.3) is 5.56 Å². The SMILES string of the molecule is C[Si](C)(C)CCOCn1cc(-c2ccc(C(F)(F)F)cn2)c2ncccc2c1=O. The molecule has 0 atom stereocenters. The van der Waals surface area contributed by atoms with Gasteiger partial charge in [-0.2, -0.15) is 13.2 Å². The second-order valence-electron chi connectivity index (χ2n) is 8.00. The molecule has 0 unspecified atom stereocenters. The lowest BCUT2D eigenvalue weighted by Gasteiger charge is -2.16. The zero-order chi connectivity index (χ0) is 21.2. The molecule has 0 fully saturated rings. The Bertz CT molecular complexity index is 1060. The summed E-state index contributed by atoms with van der Waals surface area (Å²) in [6.45, 7) is 7.30. The molecule has 0 N–H and O–H groups in total. The average Bonchev–Trinajstić information content (AvgIpc) is 2.65. The smallest absolute Gasteiger partial charge is 0.361 e. The van der Waals surface area contributed by atoms with Gasteiger partial charge in [0.15, 0.2) is 0 Å². The molecule has 0 aliphatic carbocycles. The van der Waals surface area contributed by atoms with E-state index in [4.69, 9.17) is 4.74 Å². The highest BCUT2D eigenvalue weighted by Crippen LogP contribution is 2.30. The van der Waals surface area contributed by atoms with Crippen LogP contribution in [0.25, 0.3) is 22.2 Å². The number of aromatic nitrogens is 3. The van der Waals surface area contributed by atoms with Crippen molar-refractivity contribution in [3.8, 4) is 11.3 Å². The van der Waals surface area contributed by atoms with Gasteiger partial charge in [-0.1, -0.05) is 19.6 Å². The molecule has 0 spiro atoms. The maximum Gasteiger partial charge on any atom is 0.417 e. The predicted molar refractivity (Wildman–Crippen MR) is 108 cm³/mol. The van der Waals surface area contributed by atoms with E-state index in [0.717, 1.165) is 18.3 Å². The highest BCUT2D eigenvalue weighted by Gasteiger charge is 2.30. The van der Waals surface area contributed by atoms with E-state index < -0.39 is 19.8 Å². The molecule has 0 aromatic carbocycles. The lowest BCUT2D eigenvalue weighted by atomic mass is 10.1. The molecule has 0 bridgehead atoms. The minimum atomic E-state index is -4.46. The third kappa shape index (κ3) is 5.10. The van der Waals surface area contributed by atoms with Gasteiger partial charge in [0, 0.05) is 38.8 Å². The third-order valence-corrected chi connectivity index (χ3v) is 6.14. The molecular formula is C20H22F3N3O2Si. The Labute approximate surface area is 167 Å². The minimum absolute atomic E-state index is 0.0573. The summed E-state index contributed by atoms with van der Waals surface area (Å²) in [4.78, 5) is 21.0. The summed E-state index contributed by atoms with van der Waals surface area (Å²) in [5.74, 6) is 0. The van der Waals surface area contributed by atoms with Crippen LogP contribution in [0.5, 0.6) is 0 Å². The fourth-order valence-electron chi connectivity index (χ4n) is 2.77. The first-order valence-corrected chi connectivity index (χ1v) is 12.9. The Kier molecular flexibility index (Phi) is 5.90. The predicted octanol–water partition coefficient (Wildman–Crippen LogP) is 4.79. The normalized spacial score (nSPS) is 12.5. The summed E-state index contributed by atoms with van der Waals surface area (Å²) in [6, 6.07) is 6.50. The number of hydrogen-bond donors (Lipinski definition) is 0. The van der Waals surface area contributed by atoms with Crippen molar-refractivity contribution in [3.05, 3.63) is 58.8 Å². The molecule has 5 nitrogen and oxygen atoms in total. The topological polar surface area (TPSA) is 57.0 Å². The standard InChI is InChI=1S/C20H22F3N3O2Si/c1-29(2,3)10-9-28-13-26-12-16(18-15(19(26)27)5-4-8-24-18)17-7-6-14(11-25-17)20(21,22)23/h4-8,11-12H,9-10,13H2,1-3H3. The van der Waals surface area contributed by atoms with Crippen LogP contribution in [0.3, 0.4) is 0 Å². The zero-order valence-corrected chi connectivity index (χ0v) is 17.5. The van der Waals surface area contributed by atoms with E-state index in [1.54, 1.807) is 18.3 Å². The van der Waals surface area contributed by atoms with Gasteiger partial charge in [-0.3, -0.25) is 19.3 Å². The van der Waals surface area contributed by atoms with Gasteiger partial charge in [0.05, 0.1) is 22.2 Å². The molecule has 29 heavy (non-hydrogen) atoms. The molecule has 3 heterocycles. The van der Waals surface area contributed by atoms with Crippen molar-refractivity contribution < 1.29 is 17.9 Å². The summed E-state index contributed by atoms with van der Waals surface area (Å²) < 4.78 is 45.6. The first-order chi connectivity index (χ1) is 13.6. The van der Waals surface area contributed by atoms with E-state index in [0.29, 0.717) is 28.8 Å². The maximum atomic E-state index is 12.8.